The lowest BCUT2D eigenvalue weighted by Gasteiger charge is -2.35. The van der Waals surface area contributed by atoms with Gasteiger partial charge in [-0.1, -0.05) is 48.5 Å². The highest BCUT2D eigenvalue weighted by Gasteiger charge is 2.59. The van der Waals surface area contributed by atoms with Gasteiger partial charge in [-0.05, 0) is 40.5 Å². The summed E-state index contributed by atoms with van der Waals surface area (Å²) in [6.45, 7) is 1.53. The number of alkyl carbamates (subject to hydrolysis) is 1. The Kier molecular flexibility index (Phi) is 5.29. The smallest absolute Gasteiger partial charge is 0.408 e. The van der Waals surface area contributed by atoms with Crippen LogP contribution in [0.1, 0.15) is 29.9 Å². The van der Waals surface area contributed by atoms with Gasteiger partial charge in [0.1, 0.15) is 12.1 Å². The zero-order valence-electron chi connectivity index (χ0n) is 19.3. The maximum absolute atomic E-state index is 13.5. The van der Waals surface area contributed by atoms with Crippen LogP contribution in [-0.4, -0.2) is 66.4 Å². The summed E-state index contributed by atoms with van der Waals surface area (Å²) in [5.41, 5.74) is 3.36. The van der Waals surface area contributed by atoms with E-state index < -0.39 is 17.6 Å². The van der Waals surface area contributed by atoms with Gasteiger partial charge in [0.2, 0.25) is 0 Å². The molecule has 2 aliphatic carbocycles. The first-order valence-corrected chi connectivity index (χ1v) is 12.2. The molecular weight excluding hydrogens is 448 g/mol. The minimum atomic E-state index is -1.18. The van der Waals surface area contributed by atoms with Crippen LogP contribution in [0.5, 0.6) is 0 Å². The van der Waals surface area contributed by atoms with Gasteiger partial charge in [0.25, 0.3) is 5.91 Å². The van der Waals surface area contributed by atoms with Crippen LogP contribution < -0.4 is 5.32 Å². The third kappa shape index (κ3) is 3.67. The summed E-state index contributed by atoms with van der Waals surface area (Å²) < 4.78 is 11.2. The summed E-state index contributed by atoms with van der Waals surface area (Å²) in [5.74, 6) is -1.27. The Morgan fingerprint density at radius 1 is 1.06 bits per heavy atom. The molecule has 0 spiro atoms. The number of carbonyl (C=O) groups excluding carboxylic acids is 2. The largest absolute Gasteiger partial charge is 0.481 e. The number of carboxylic acids is 1. The van der Waals surface area contributed by atoms with Gasteiger partial charge in [-0.2, -0.15) is 0 Å². The van der Waals surface area contributed by atoms with Crippen molar-refractivity contribution in [3.05, 3.63) is 59.7 Å². The molecule has 2 aliphatic heterocycles. The predicted molar refractivity (Wildman–Crippen MR) is 126 cm³/mol. The normalized spacial score (nSPS) is 28.6. The Morgan fingerprint density at radius 2 is 1.74 bits per heavy atom. The van der Waals surface area contributed by atoms with E-state index in [2.05, 4.69) is 29.6 Å². The van der Waals surface area contributed by atoms with Gasteiger partial charge < -0.3 is 24.8 Å². The Labute approximate surface area is 203 Å². The van der Waals surface area contributed by atoms with Crippen molar-refractivity contribution in [1.82, 2.24) is 10.2 Å². The van der Waals surface area contributed by atoms with E-state index in [0.29, 0.717) is 32.5 Å². The summed E-state index contributed by atoms with van der Waals surface area (Å²) in [4.78, 5) is 39.6. The average Bonchev–Trinajstić information content (AvgIpc) is 3.25. The molecule has 2 aromatic carbocycles. The second-order valence-electron chi connectivity index (χ2n) is 10.1. The van der Waals surface area contributed by atoms with Gasteiger partial charge in [0.05, 0.1) is 12.5 Å². The molecule has 2 aromatic rings. The van der Waals surface area contributed by atoms with Crippen molar-refractivity contribution in [1.29, 1.82) is 0 Å². The number of carbonyl (C=O) groups is 3. The maximum atomic E-state index is 13.5. The number of carboxylic acid groups (broad SMARTS) is 1. The standard InChI is InChI=1S/C27H28N2O6/c30-24(31)23-20-9-11-29(13-21(20)23)25(32)27(10-12-34-15-27)28-26(33)35-14-22-18-7-3-1-5-16(18)17-6-2-4-8-19(17)22/h1-8,20-23H,9-15H2,(H,28,33)(H,30,31). The first-order chi connectivity index (χ1) is 17.0. The van der Waals surface area contributed by atoms with E-state index in [0.717, 1.165) is 22.3 Å². The SMILES string of the molecule is O=C(NC1(C(=O)N2CCC3C(C2)C3C(=O)O)CCOC1)OCC1c2ccccc2-c2ccccc21. The molecule has 1 saturated carbocycles. The van der Waals surface area contributed by atoms with Crippen LogP contribution >= 0.6 is 0 Å². The molecule has 2 saturated heterocycles. The fourth-order valence-electron chi connectivity index (χ4n) is 6.31. The molecule has 0 aromatic heterocycles. The van der Waals surface area contributed by atoms with Crippen molar-refractivity contribution >= 4 is 18.0 Å². The molecule has 8 nitrogen and oxygen atoms in total. The van der Waals surface area contributed by atoms with E-state index in [-0.39, 0.29) is 42.8 Å². The van der Waals surface area contributed by atoms with Crippen LogP contribution in [0, 0.1) is 17.8 Å². The molecule has 2 heterocycles. The lowest BCUT2D eigenvalue weighted by atomic mass is 9.95. The van der Waals surface area contributed by atoms with E-state index in [9.17, 15) is 19.5 Å². The van der Waals surface area contributed by atoms with Crippen molar-refractivity contribution in [2.75, 3.05) is 32.9 Å². The molecule has 6 rings (SSSR count). The van der Waals surface area contributed by atoms with Crippen LogP contribution in [0.4, 0.5) is 4.79 Å². The highest BCUT2D eigenvalue weighted by molar-refractivity contribution is 5.91. The zero-order chi connectivity index (χ0) is 24.2. The molecule has 3 fully saturated rings. The van der Waals surface area contributed by atoms with Crippen LogP contribution in [0.2, 0.25) is 0 Å². The van der Waals surface area contributed by atoms with Crippen molar-refractivity contribution < 1.29 is 29.0 Å². The number of piperidine rings is 1. The second-order valence-corrected chi connectivity index (χ2v) is 10.1. The molecule has 4 unspecified atom stereocenters. The van der Waals surface area contributed by atoms with E-state index in [1.165, 1.54) is 0 Å². The molecule has 2 amide bonds. The maximum Gasteiger partial charge on any atom is 0.408 e. The summed E-state index contributed by atoms with van der Waals surface area (Å²) >= 11 is 0. The Balaban J connectivity index is 1.13. The van der Waals surface area contributed by atoms with Crippen molar-refractivity contribution in [3.8, 4) is 11.1 Å². The van der Waals surface area contributed by atoms with Crippen LogP contribution in [-0.2, 0) is 19.1 Å². The van der Waals surface area contributed by atoms with Crippen LogP contribution in [0.25, 0.3) is 11.1 Å². The van der Waals surface area contributed by atoms with Gasteiger partial charge in [0, 0.05) is 32.0 Å². The molecular formula is C27H28N2O6. The van der Waals surface area contributed by atoms with Crippen molar-refractivity contribution in [2.45, 2.75) is 24.3 Å². The lowest BCUT2D eigenvalue weighted by molar-refractivity contribution is -0.141. The average molecular weight is 477 g/mol. The summed E-state index contributed by atoms with van der Waals surface area (Å²) in [5, 5.41) is 12.2. The number of likely N-dealkylation sites (tertiary alicyclic amines) is 1. The first kappa shape index (κ1) is 22.1. The monoisotopic (exact) mass is 476 g/mol. The number of benzene rings is 2. The molecule has 4 atom stereocenters. The van der Waals surface area contributed by atoms with Crippen LogP contribution in [0.15, 0.2) is 48.5 Å². The second kappa shape index (κ2) is 8.37. The fraction of sp³-hybridized carbons (Fsp3) is 0.444. The fourth-order valence-corrected chi connectivity index (χ4v) is 6.31. The van der Waals surface area contributed by atoms with E-state index in [1.807, 2.05) is 24.3 Å². The van der Waals surface area contributed by atoms with E-state index >= 15 is 0 Å². The minimum Gasteiger partial charge on any atom is -0.481 e. The Morgan fingerprint density at radius 3 is 2.37 bits per heavy atom. The number of fused-ring (bicyclic) bond motifs is 4. The molecule has 8 heteroatoms. The third-order valence-corrected chi connectivity index (χ3v) is 8.18. The van der Waals surface area contributed by atoms with E-state index in [1.54, 1.807) is 4.90 Å². The van der Waals surface area contributed by atoms with E-state index in [4.69, 9.17) is 9.47 Å². The zero-order valence-corrected chi connectivity index (χ0v) is 19.3. The number of hydrogen-bond acceptors (Lipinski definition) is 5. The predicted octanol–water partition coefficient (Wildman–Crippen LogP) is 2.86. The highest BCUT2D eigenvalue weighted by atomic mass is 16.6. The molecule has 0 bridgehead atoms. The molecule has 35 heavy (non-hydrogen) atoms. The lowest BCUT2D eigenvalue weighted by Crippen LogP contribution is -2.61. The molecule has 182 valence electrons. The number of nitrogens with one attached hydrogen (secondary N) is 1. The van der Waals surface area contributed by atoms with Gasteiger partial charge in [-0.25, -0.2) is 4.79 Å². The summed E-state index contributed by atoms with van der Waals surface area (Å²) in [6.07, 6.45) is 0.397. The quantitative estimate of drug-likeness (QED) is 0.688. The first-order valence-electron chi connectivity index (χ1n) is 12.2. The number of amides is 2. The number of aliphatic carboxylic acids is 1. The van der Waals surface area contributed by atoms with Gasteiger partial charge >= 0.3 is 12.1 Å². The number of nitrogens with zero attached hydrogens (tertiary/aromatic N) is 1. The molecule has 4 aliphatic rings. The number of rotatable bonds is 5. The van der Waals surface area contributed by atoms with Crippen molar-refractivity contribution in [3.63, 3.8) is 0 Å². The third-order valence-electron chi connectivity index (χ3n) is 8.18. The topological polar surface area (TPSA) is 105 Å². The number of ether oxygens (including phenoxy) is 2. The van der Waals surface area contributed by atoms with Crippen molar-refractivity contribution in [2.24, 2.45) is 17.8 Å². The molecule has 2 N–H and O–H groups in total. The summed E-state index contributed by atoms with van der Waals surface area (Å²) in [6, 6.07) is 16.3. The van der Waals surface area contributed by atoms with Gasteiger partial charge in [0.15, 0.2) is 0 Å². The highest BCUT2D eigenvalue weighted by Crippen LogP contribution is 2.52. The number of hydrogen-bond donors (Lipinski definition) is 2. The molecule has 0 radical (unpaired) electrons. The summed E-state index contributed by atoms with van der Waals surface area (Å²) in [7, 11) is 0. The Bertz CT molecular complexity index is 1140. The van der Waals surface area contributed by atoms with Gasteiger partial charge in [-0.3, -0.25) is 9.59 Å². The minimum absolute atomic E-state index is 0.000902. The van der Waals surface area contributed by atoms with Crippen LogP contribution in [0.3, 0.4) is 0 Å². The van der Waals surface area contributed by atoms with Gasteiger partial charge in [-0.15, -0.1) is 0 Å². The Hall–Kier alpha value is -3.39.